The molecule has 3 N–H and O–H groups in total. The number of aliphatic carboxylic acids is 1. The highest BCUT2D eigenvalue weighted by molar-refractivity contribution is 5.73. The molecular formula is C9H10N3O2+. The van der Waals surface area contributed by atoms with E-state index in [0.29, 0.717) is 5.69 Å². The highest BCUT2D eigenvalue weighted by atomic mass is 16.4. The summed E-state index contributed by atoms with van der Waals surface area (Å²) >= 11 is 0. The van der Waals surface area contributed by atoms with Crippen molar-refractivity contribution >= 4 is 11.7 Å². The van der Waals surface area contributed by atoms with Gasteiger partial charge in [-0.3, -0.25) is 4.79 Å². The van der Waals surface area contributed by atoms with Crippen LogP contribution >= 0.6 is 0 Å². The summed E-state index contributed by atoms with van der Waals surface area (Å²) in [4.78, 5) is 13.4. The number of nitrogens with two attached hydrogens (primary N) is 1. The molecule has 0 amide bonds. The first kappa shape index (κ1) is 10.2. The summed E-state index contributed by atoms with van der Waals surface area (Å²) in [7, 11) is 0. The molecule has 1 aromatic carbocycles. The van der Waals surface area contributed by atoms with Gasteiger partial charge < -0.3 is 10.8 Å². The Morgan fingerprint density at radius 1 is 1.50 bits per heavy atom. The number of diazo groups is 1. The van der Waals surface area contributed by atoms with Gasteiger partial charge in [0.15, 0.2) is 4.98 Å². The smallest absolute Gasteiger partial charge is 0.385 e. The Balaban J connectivity index is 2.70. The van der Waals surface area contributed by atoms with Crippen LogP contribution in [0.1, 0.15) is 5.56 Å². The van der Waals surface area contributed by atoms with Crippen molar-refractivity contribution in [2.45, 2.75) is 12.5 Å². The van der Waals surface area contributed by atoms with Crippen LogP contribution in [0.25, 0.3) is 4.98 Å². The molecule has 5 heteroatoms. The van der Waals surface area contributed by atoms with Crippen LogP contribution in [0, 0.1) is 5.39 Å². The summed E-state index contributed by atoms with van der Waals surface area (Å²) in [6, 6.07) is 5.63. The van der Waals surface area contributed by atoms with Gasteiger partial charge in [-0.1, -0.05) is 12.1 Å². The van der Waals surface area contributed by atoms with Crippen LogP contribution < -0.4 is 5.73 Å². The molecule has 0 heterocycles. The van der Waals surface area contributed by atoms with E-state index in [9.17, 15) is 4.79 Å². The molecule has 0 radical (unpaired) electrons. The Morgan fingerprint density at radius 3 is 2.50 bits per heavy atom. The zero-order chi connectivity index (χ0) is 10.6. The Bertz CT molecular complexity index is 367. The summed E-state index contributed by atoms with van der Waals surface area (Å²) in [5.74, 6) is -1.03. The first-order valence-corrected chi connectivity index (χ1v) is 4.06. The van der Waals surface area contributed by atoms with Gasteiger partial charge in [0, 0.05) is 12.1 Å². The van der Waals surface area contributed by atoms with Crippen LogP contribution in [0.2, 0.25) is 0 Å². The summed E-state index contributed by atoms with van der Waals surface area (Å²) in [6.07, 6.45) is 0.265. The van der Waals surface area contributed by atoms with Crippen molar-refractivity contribution in [1.29, 1.82) is 5.39 Å². The molecule has 1 aromatic rings. The van der Waals surface area contributed by atoms with Gasteiger partial charge in [-0.2, -0.15) is 0 Å². The molecule has 0 saturated heterocycles. The van der Waals surface area contributed by atoms with E-state index in [-0.39, 0.29) is 6.42 Å². The third kappa shape index (κ3) is 2.54. The number of carbonyl (C=O) groups is 1. The molecule has 0 aliphatic carbocycles. The topological polar surface area (TPSA) is 91.5 Å². The maximum atomic E-state index is 10.4. The number of hydrogen-bond acceptors (Lipinski definition) is 3. The van der Waals surface area contributed by atoms with Gasteiger partial charge in [-0.25, -0.2) is 0 Å². The molecule has 72 valence electrons. The Labute approximate surface area is 80.8 Å². The molecule has 0 spiro atoms. The van der Waals surface area contributed by atoms with E-state index >= 15 is 0 Å². The van der Waals surface area contributed by atoms with Gasteiger partial charge in [-0.15, -0.1) is 0 Å². The SMILES string of the molecule is N#[N+]c1ccc(CC(N)C(=O)O)cc1. The molecule has 1 unspecified atom stereocenters. The average molecular weight is 192 g/mol. The van der Waals surface area contributed by atoms with E-state index in [0.717, 1.165) is 5.56 Å². The molecule has 0 saturated carbocycles. The van der Waals surface area contributed by atoms with Crippen molar-refractivity contribution in [2.75, 3.05) is 0 Å². The zero-order valence-electron chi connectivity index (χ0n) is 7.42. The minimum atomic E-state index is -1.03. The maximum Gasteiger partial charge on any atom is 0.385 e. The van der Waals surface area contributed by atoms with Gasteiger partial charge in [0.1, 0.15) is 6.04 Å². The minimum Gasteiger partial charge on any atom is -0.480 e. The maximum absolute atomic E-state index is 10.4. The number of rotatable bonds is 3. The van der Waals surface area contributed by atoms with Crippen molar-refractivity contribution in [2.24, 2.45) is 5.73 Å². The van der Waals surface area contributed by atoms with Crippen molar-refractivity contribution in [3.8, 4) is 0 Å². The Morgan fingerprint density at radius 2 is 2.07 bits per heavy atom. The number of nitrogens with zero attached hydrogens (tertiary/aromatic N) is 2. The Kier molecular flexibility index (Phi) is 3.15. The molecule has 1 rings (SSSR count). The van der Waals surface area contributed by atoms with Crippen molar-refractivity contribution in [1.82, 2.24) is 0 Å². The fourth-order valence-electron chi connectivity index (χ4n) is 1.04. The molecule has 0 aromatic heterocycles. The van der Waals surface area contributed by atoms with Crippen LogP contribution in [0.4, 0.5) is 5.69 Å². The summed E-state index contributed by atoms with van der Waals surface area (Å²) in [5, 5.41) is 17.0. The standard InChI is InChI=1S/C9H9N3O2/c10-8(9(13)14)5-6-1-3-7(12-11)4-2-6/h1-4,8H,5,10H2/p+1. The van der Waals surface area contributed by atoms with Crippen LogP contribution in [0.5, 0.6) is 0 Å². The second-order valence-corrected chi connectivity index (χ2v) is 2.92. The summed E-state index contributed by atoms with van der Waals surface area (Å²) in [5.41, 5.74) is 6.57. The third-order valence-electron chi connectivity index (χ3n) is 1.82. The molecule has 1 atom stereocenters. The van der Waals surface area contributed by atoms with Crippen molar-refractivity contribution < 1.29 is 9.90 Å². The predicted molar refractivity (Wildman–Crippen MR) is 50.5 cm³/mol. The second kappa shape index (κ2) is 4.35. The molecule has 14 heavy (non-hydrogen) atoms. The third-order valence-corrected chi connectivity index (χ3v) is 1.82. The number of carboxylic acids is 1. The highest BCUT2D eigenvalue weighted by Crippen LogP contribution is 2.13. The molecule has 0 aliphatic rings. The fourth-order valence-corrected chi connectivity index (χ4v) is 1.04. The first-order chi connectivity index (χ1) is 6.63. The lowest BCUT2D eigenvalue weighted by atomic mass is 10.1. The molecule has 0 fully saturated rings. The first-order valence-electron chi connectivity index (χ1n) is 4.06. The molecular weight excluding hydrogens is 182 g/mol. The lowest BCUT2D eigenvalue weighted by Gasteiger charge is -2.04. The van der Waals surface area contributed by atoms with E-state index < -0.39 is 12.0 Å². The normalized spacial score (nSPS) is 11.7. The largest absolute Gasteiger partial charge is 0.480 e. The van der Waals surface area contributed by atoms with Gasteiger partial charge in [-0.05, 0) is 12.0 Å². The van der Waals surface area contributed by atoms with Crippen LogP contribution in [0.15, 0.2) is 24.3 Å². The quantitative estimate of drug-likeness (QED) is 0.702. The van der Waals surface area contributed by atoms with Gasteiger partial charge in [0.05, 0.1) is 0 Å². The van der Waals surface area contributed by atoms with Crippen molar-refractivity contribution in [3.63, 3.8) is 0 Å². The van der Waals surface area contributed by atoms with Gasteiger partial charge in [0.25, 0.3) is 0 Å². The second-order valence-electron chi connectivity index (χ2n) is 2.92. The number of benzene rings is 1. The van der Waals surface area contributed by atoms with E-state index in [1.807, 2.05) is 0 Å². The van der Waals surface area contributed by atoms with Crippen LogP contribution in [-0.4, -0.2) is 17.1 Å². The van der Waals surface area contributed by atoms with E-state index in [1.54, 1.807) is 24.3 Å². The average Bonchev–Trinajstić information content (AvgIpc) is 2.19. The van der Waals surface area contributed by atoms with Crippen LogP contribution in [0.3, 0.4) is 0 Å². The van der Waals surface area contributed by atoms with E-state index in [1.165, 1.54) is 0 Å². The lowest BCUT2D eigenvalue weighted by Crippen LogP contribution is -2.32. The molecule has 0 bridgehead atoms. The van der Waals surface area contributed by atoms with E-state index in [4.69, 9.17) is 16.2 Å². The van der Waals surface area contributed by atoms with Gasteiger partial charge >= 0.3 is 11.7 Å². The van der Waals surface area contributed by atoms with Crippen molar-refractivity contribution in [3.05, 3.63) is 34.8 Å². The van der Waals surface area contributed by atoms with Gasteiger partial charge in [0.2, 0.25) is 5.39 Å². The summed E-state index contributed by atoms with van der Waals surface area (Å²) < 4.78 is 0. The van der Waals surface area contributed by atoms with Crippen LogP contribution in [-0.2, 0) is 11.2 Å². The van der Waals surface area contributed by atoms with E-state index in [2.05, 4.69) is 4.98 Å². The lowest BCUT2D eigenvalue weighted by molar-refractivity contribution is -0.138. The zero-order valence-corrected chi connectivity index (χ0v) is 7.42. The Hall–Kier alpha value is -1.93. The molecule has 0 aliphatic heterocycles. The minimum absolute atomic E-state index is 0.265. The molecule has 5 nitrogen and oxygen atoms in total. The number of carboxylic acid groups (broad SMARTS) is 1. The fraction of sp³-hybridized carbons (Fsp3) is 0.222. The predicted octanol–water partition coefficient (Wildman–Crippen LogP) is 1.13. The monoisotopic (exact) mass is 192 g/mol. The number of hydrogen-bond donors (Lipinski definition) is 2. The highest BCUT2D eigenvalue weighted by Gasteiger charge is 2.12. The summed E-state index contributed by atoms with van der Waals surface area (Å²) in [6.45, 7) is 0.